The Hall–Kier alpha value is -1.34. The molecule has 0 amide bonds. The van der Waals surface area contributed by atoms with Crippen molar-refractivity contribution in [3.8, 4) is 5.75 Å². The summed E-state index contributed by atoms with van der Waals surface area (Å²) in [6.45, 7) is 12.3. The molecule has 0 bridgehead atoms. The zero-order valence-electron chi connectivity index (χ0n) is 20.3. The van der Waals surface area contributed by atoms with Gasteiger partial charge in [0.25, 0.3) is 0 Å². The lowest BCUT2D eigenvalue weighted by molar-refractivity contribution is -0.142. The van der Waals surface area contributed by atoms with Gasteiger partial charge < -0.3 is 25.8 Å². The number of aliphatic carboxylic acids is 1. The van der Waals surface area contributed by atoms with Gasteiger partial charge in [-0.15, -0.1) is 11.6 Å². The zero-order valence-corrected chi connectivity index (χ0v) is 21.1. The molecular formula is C25H42ClNO5. The Morgan fingerprint density at radius 2 is 1.78 bits per heavy atom. The van der Waals surface area contributed by atoms with E-state index in [9.17, 15) is 15.0 Å². The summed E-state index contributed by atoms with van der Waals surface area (Å²) >= 11 is 5.71. The normalized spacial score (nSPS) is 17.0. The van der Waals surface area contributed by atoms with Gasteiger partial charge in [-0.2, -0.15) is 0 Å². The molecule has 4 unspecified atom stereocenters. The molecule has 32 heavy (non-hydrogen) atoms. The van der Waals surface area contributed by atoms with Crippen LogP contribution in [0.2, 0.25) is 0 Å². The van der Waals surface area contributed by atoms with Crippen LogP contribution >= 0.6 is 11.6 Å². The molecule has 5 N–H and O–H groups in total. The number of nitrogens with two attached hydrogens (primary N) is 1. The van der Waals surface area contributed by atoms with Crippen LogP contribution in [0.4, 0.5) is 0 Å². The van der Waals surface area contributed by atoms with E-state index in [-0.39, 0.29) is 30.2 Å². The van der Waals surface area contributed by atoms with Gasteiger partial charge in [0.1, 0.15) is 18.5 Å². The second kappa shape index (κ2) is 12.8. The third-order valence-electron chi connectivity index (χ3n) is 5.99. The van der Waals surface area contributed by atoms with Crippen molar-refractivity contribution < 1.29 is 24.9 Å². The number of rotatable bonds is 13. The summed E-state index contributed by atoms with van der Waals surface area (Å²) in [6, 6.07) is 5.69. The van der Waals surface area contributed by atoms with Crippen LogP contribution in [0, 0.1) is 17.8 Å². The SMILES string of the molecule is CC(CC(O)C(N)CC(Cc1ccc(C(C)(C)C)c(OC[C@H](O)CCl)c1)C(C)C)C(=O)O. The van der Waals surface area contributed by atoms with E-state index in [4.69, 9.17) is 27.2 Å². The lowest BCUT2D eigenvalue weighted by Crippen LogP contribution is -2.39. The van der Waals surface area contributed by atoms with E-state index in [1.54, 1.807) is 6.92 Å². The minimum absolute atomic E-state index is 0.112. The number of halogens is 1. The molecular weight excluding hydrogens is 430 g/mol. The second-order valence-corrected chi connectivity index (χ2v) is 10.7. The monoisotopic (exact) mass is 471 g/mol. The number of carboxylic acid groups (broad SMARTS) is 1. The van der Waals surface area contributed by atoms with Gasteiger partial charge in [0, 0.05) is 6.04 Å². The molecule has 0 heterocycles. The van der Waals surface area contributed by atoms with Gasteiger partial charge in [0.05, 0.1) is 17.9 Å². The minimum atomic E-state index is -0.928. The molecule has 0 aliphatic heterocycles. The zero-order chi connectivity index (χ0) is 24.6. The number of carboxylic acids is 1. The molecule has 0 saturated carbocycles. The highest BCUT2D eigenvalue weighted by Gasteiger charge is 2.26. The van der Waals surface area contributed by atoms with Crippen LogP contribution < -0.4 is 10.5 Å². The number of hydrogen-bond acceptors (Lipinski definition) is 5. The van der Waals surface area contributed by atoms with Crippen LogP contribution in [0.25, 0.3) is 0 Å². The van der Waals surface area contributed by atoms with Gasteiger partial charge in [-0.05, 0) is 53.7 Å². The van der Waals surface area contributed by atoms with Crippen molar-refractivity contribution >= 4 is 17.6 Å². The predicted molar refractivity (Wildman–Crippen MR) is 129 cm³/mol. The van der Waals surface area contributed by atoms with Gasteiger partial charge in [0.2, 0.25) is 0 Å². The van der Waals surface area contributed by atoms with Crippen molar-refractivity contribution in [2.45, 2.75) is 84.5 Å². The van der Waals surface area contributed by atoms with Crippen molar-refractivity contribution in [1.82, 2.24) is 0 Å². The van der Waals surface area contributed by atoms with Crippen molar-refractivity contribution in [2.24, 2.45) is 23.5 Å². The Morgan fingerprint density at radius 3 is 2.28 bits per heavy atom. The molecule has 1 aromatic rings. The predicted octanol–water partition coefficient (Wildman–Crippen LogP) is 3.97. The first-order valence-corrected chi connectivity index (χ1v) is 12.0. The van der Waals surface area contributed by atoms with Crippen LogP contribution in [0.3, 0.4) is 0 Å². The van der Waals surface area contributed by atoms with E-state index in [1.165, 1.54) is 0 Å². The molecule has 0 aromatic heterocycles. The van der Waals surface area contributed by atoms with Gasteiger partial charge in [-0.1, -0.05) is 53.7 Å². The summed E-state index contributed by atoms with van der Waals surface area (Å²) in [5.41, 5.74) is 8.28. The Bertz CT molecular complexity index is 719. The average Bonchev–Trinajstić information content (AvgIpc) is 2.70. The molecule has 0 aliphatic rings. The maximum Gasteiger partial charge on any atom is 0.306 e. The molecule has 1 rings (SSSR count). The van der Waals surface area contributed by atoms with E-state index >= 15 is 0 Å². The molecule has 7 heteroatoms. The van der Waals surface area contributed by atoms with E-state index in [2.05, 4.69) is 46.8 Å². The molecule has 0 radical (unpaired) electrons. The Balaban J connectivity index is 3.00. The first-order valence-electron chi connectivity index (χ1n) is 11.4. The second-order valence-electron chi connectivity index (χ2n) is 10.3. The van der Waals surface area contributed by atoms with Crippen molar-refractivity contribution in [1.29, 1.82) is 0 Å². The fourth-order valence-electron chi connectivity index (χ4n) is 3.70. The molecule has 5 atom stereocenters. The largest absolute Gasteiger partial charge is 0.491 e. The van der Waals surface area contributed by atoms with Crippen LogP contribution in [-0.4, -0.2) is 52.0 Å². The Kier molecular flexibility index (Phi) is 11.5. The highest BCUT2D eigenvalue weighted by molar-refractivity contribution is 6.18. The maximum atomic E-state index is 11.1. The molecule has 0 spiro atoms. The molecule has 0 aliphatic carbocycles. The third kappa shape index (κ3) is 9.26. The smallest absolute Gasteiger partial charge is 0.306 e. The number of carbonyl (C=O) groups is 1. The topological polar surface area (TPSA) is 113 Å². The maximum absolute atomic E-state index is 11.1. The quantitative estimate of drug-likeness (QED) is 0.324. The van der Waals surface area contributed by atoms with E-state index in [1.807, 2.05) is 6.07 Å². The Labute approximate surface area is 198 Å². The van der Waals surface area contributed by atoms with Crippen LogP contribution in [0.1, 0.15) is 65.5 Å². The van der Waals surface area contributed by atoms with Crippen LogP contribution in [0.5, 0.6) is 5.75 Å². The number of alkyl halides is 1. The summed E-state index contributed by atoms with van der Waals surface area (Å²) in [4.78, 5) is 11.1. The van der Waals surface area contributed by atoms with Crippen molar-refractivity contribution in [3.05, 3.63) is 29.3 Å². The van der Waals surface area contributed by atoms with E-state index in [0.29, 0.717) is 12.3 Å². The van der Waals surface area contributed by atoms with Gasteiger partial charge in [-0.25, -0.2) is 0 Å². The summed E-state index contributed by atoms with van der Waals surface area (Å²) in [7, 11) is 0. The lowest BCUT2D eigenvalue weighted by atomic mass is 9.81. The van der Waals surface area contributed by atoms with E-state index < -0.39 is 30.1 Å². The Morgan fingerprint density at radius 1 is 1.16 bits per heavy atom. The fourth-order valence-corrected chi connectivity index (χ4v) is 3.79. The number of ether oxygens (including phenoxy) is 1. The first kappa shape index (κ1) is 28.7. The van der Waals surface area contributed by atoms with Gasteiger partial charge >= 0.3 is 5.97 Å². The average molecular weight is 472 g/mol. The van der Waals surface area contributed by atoms with Crippen molar-refractivity contribution in [3.63, 3.8) is 0 Å². The van der Waals surface area contributed by atoms with Gasteiger partial charge in [-0.3, -0.25) is 4.79 Å². The molecule has 1 aromatic carbocycles. The number of hydrogen-bond donors (Lipinski definition) is 4. The first-order chi connectivity index (χ1) is 14.8. The summed E-state index contributed by atoms with van der Waals surface area (Å²) in [6.07, 6.45) is -0.105. The summed E-state index contributed by atoms with van der Waals surface area (Å²) < 4.78 is 5.93. The number of aliphatic hydroxyl groups is 2. The van der Waals surface area contributed by atoms with Crippen molar-refractivity contribution in [2.75, 3.05) is 12.5 Å². The number of benzene rings is 1. The highest BCUT2D eigenvalue weighted by atomic mass is 35.5. The molecule has 0 fully saturated rings. The third-order valence-corrected chi connectivity index (χ3v) is 6.35. The van der Waals surface area contributed by atoms with E-state index in [0.717, 1.165) is 23.3 Å². The van der Waals surface area contributed by atoms with Gasteiger partial charge in [0.15, 0.2) is 0 Å². The van der Waals surface area contributed by atoms with Crippen LogP contribution in [0.15, 0.2) is 18.2 Å². The summed E-state index contributed by atoms with van der Waals surface area (Å²) in [5, 5.41) is 29.3. The molecule has 0 saturated heterocycles. The highest BCUT2D eigenvalue weighted by Crippen LogP contribution is 2.34. The minimum Gasteiger partial charge on any atom is -0.491 e. The lowest BCUT2D eigenvalue weighted by Gasteiger charge is -2.29. The molecule has 184 valence electrons. The van der Waals surface area contributed by atoms with Crippen LogP contribution in [-0.2, 0) is 16.6 Å². The number of aliphatic hydroxyl groups excluding tert-OH is 2. The fraction of sp³-hybridized carbons (Fsp3) is 0.720. The molecule has 6 nitrogen and oxygen atoms in total. The standard InChI is InChI=1S/C25H42ClNO5/c1-15(2)18(12-21(27)22(29)9-16(3)24(30)31)10-17-7-8-20(25(4,5)6)23(11-17)32-14-19(28)13-26/h7-8,11,15-16,18-19,21-22,28-29H,9-10,12-14,27H2,1-6H3,(H,30,31)/t16?,18?,19-,21?,22?/m1/s1. The summed E-state index contributed by atoms with van der Waals surface area (Å²) in [5.74, 6) is -0.178.